The van der Waals surface area contributed by atoms with E-state index in [1.165, 1.54) is 12.3 Å². The normalized spacial score (nSPS) is 14.9. The molecule has 0 N–H and O–H groups in total. The molecule has 0 unspecified atom stereocenters. The van der Waals surface area contributed by atoms with Gasteiger partial charge in [-0.25, -0.2) is 19.3 Å². The van der Waals surface area contributed by atoms with Gasteiger partial charge in [0.15, 0.2) is 5.65 Å². The minimum absolute atomic E-state index is 0.395. The molecule has 1 saturated heterocycles. The van der Waals surface area contributed by atoms with Crippen LogP contribution in [0.25, 0.3) is 22.6 Å². The number of hydrogen-bond donors (Lipinski definition) is 0. The van der Waals surface area contributed by atoms with Gasteiger partial charge in [-0.2, -0.15) is 4.98 Å². The molecule has 0 radical (unpaired) electrons. The molecule has 3 aromatic heterocycles. The molecule has 1 aliphatic heterocycles. The van der Waals surface area contributed by atoms with E-state index in [9.17, 15) is 4.39 Å². The molecule has 25 heavy (non-hydrogen) atoms. The van der Waals surface area contributed by atoms with Crippen molar-refractivity contribution < 1.29 is 9.13 Å². The largest absolute Gasteiger partial charge is 0.378 e. The fraction of sp³-hybridized carbons (Fsp3) is 0.353. The Kier molecular flexibility index (Phi) is 3.96. The Labute approximate surface area is 143 Å². The highest BCUT2D eigenvalue weighted by molar-refractivity contribution is 5.86. The highest BCUT2D eigenvalue weighted by Gasteiger charge is 2.20. The van der Waals surface area contributed by atoms with Crippen LogP contribution in [0.4, 0.5) is 10.3 Å². The minimum atomic E-state index is -0.395. The third-order valence-corrected chi connectivity index (χ3v) is 4.19. The number of nitrogens with zero attached hydrogens (tertiary/aromatic N) is 6. The predicted molar refractivity (Wildman–Crippen MR) is 90.8 cm³/mol. The molecule has 4 heterocycles. The number of hydrogen-bond acceptors (Lipinski definition) is 7. The summed E-state index contributed by atoms with van der Waals surface area (Å²) in [5, 5.41) is 0. The van der Waals surface area contributed by atoms with Crippen LogP contribution in [-0.2, 0) is 4.74 Å². The highest BCUT2D eigenvalue weighted by atomic mass is 19.1. The molecule has 0 saturated carbocycles. The summed E-state index contributed by atoms with van der Waals surface area (Å²) in [5.41, 5.74) is 3.80. The number of aryl methyl sites for hydroxylation is 2. The van der Waals surface area contributed by atoms with Gasteiger partial charge in [-0.1, -0.05) is 0 Å². The van der Waals surface area contributed by atoms with Crippen molar-refractivity contribution in [2.45, 2.75) is 13.8 Å². The molecule has 0 aliphatic carbocycles. The maximum absolute atomic E-state index is 13.3. The molecule has 3 aromatic rings. The number of halogens is 1. The maximum atomic E-state index is 13.3. The van der Waals surface area contributed by atoms with E-state index in [-0.39, 0.29) is 0 Å². The second-order valence-electron chi connectivity index (χ2n) is 5.90. The smallest absolute Gasteiger partial charge is 0.228 e. The molecule has 1 fully saturated rings. The van der Waals surface area contributed by atoms with Gasteiger partial charge in [0.05, 0.1) is 36.5 Å². The second kappa shape index (κ2) is 6.29. The summed E-state index contributed by atoms with van der Waals surface area (Å²) in [5.74, 6) is 0.170. The van der Waals surface area contributed by atoms with Gasteiger partial charge >= 0.3 is 0 Å². The lowest BCUT2D eigenvalue weighted by Gasteiger charge is -2.27. The van der Waals surface area contributed by atoms with E-state index < -0.39 is 5.82 Å². The molecule has 0 atom stereocenters. The van der Waals surface area contributed by atoms with Crippen molar-refractivity contribution in [3.8, 4) is 11.4 Å². The number of anilines is 1. The van der Waals surface area contributed by atoms with Crippen LogP contribution in [0.1, 0.15) is 11.4 Å². The number of aromatic nitrogens is 5. The number of ether oxygens (including phenoxy) is 1. The van der Waals surface area contributed by atoms with Crippen molar-refractivity contribution in [3.63, 3.8) is 0 Å². The average Bonchev–Trinajstić information content (AvgIpc) is 2.63. The Morgan fingerprint density at radius 2 is 1.76 bits per heavy atom. The Morgan fingerprint density at radius 3 is 2.48 bits per heavy atom. The van der Waals surface area contributed by atoms with Crippen molar-refractivity contribution in [3.05, 3.63) is 35.5 Å². The molecule has 0 bridgehead atoms. The number of fused-ring (bicyclic) bond motifs is 1. The van der Waals surface area contributed by atoms with E-state index in [1.54, 1.807) is 6.07 Å². The zero-order valence-corrected chi connectivity index (χ0v) is 14.0. The Bertz CT molecular complexity index is 925. The van der Waals surface area contributed by atoms with Crippen LogP contribution < -0.4 is 4.90 Å². The molecule has 7 nitrogen and oxygen atoms in total. The quantitative estimate of drug-likeness (QED) is 0.707. The maximum Gasteiger partial charge on any atom is 0.228 e. The van der Waals surface area contributed by atoms with Crippen LogP contribution in [0.5, 0.6) is 0 Å². The van der Waals surface area contributed by atoms with Crippen LogP contribution in [0.2, 0.25) is 0 Å². The van der Waals surface area contributed by atoms with Gasteiger partial charge in [0.25, 0.3) is 0 Å². The molecule has 8 heteroatoms. The monoisotopic (exact) mass is 340 g/mol. The molecular weight excluding hydrogens is 323 g/mol. The van der Waals surface area contributed by atoms with Gasteiger partial charge in [-0.05, 0) is 26.0 Å². The lowest BCUT2D eigenvalue weighted by Crippen LogP contribution is -2.37. The van der Waals surface area contributed by atoms with Gasteiger partial charge in [-0.15, -0.1) is 0 Å². The summed E-state index contributed by atoms with van der Waals surface area (Å²) in [4.78, 5) is 24.6. The number of morpholine rings is 1. The molecule has 128 valence electrons. The predicted octanol–water partition coefficient (Wildman–Crippen LogP) is 2.07. The van der Waals surface area contributed by atoms with Crippen LogP contribution in [0.3, 0.4) is 0 Å². The summed E-state index contributed by atoms with van der Waals surface area (Å²) in [6, 6.07) is 2.95. The lowest BCUT2D eigenvalue weighted by atomic mass is 10.2. The molecule has 1 aliphatic rings. The van der Waals surface area contributed by atoms with Gasteiger partial charge in [0.2, 0.25) is 5.95 Å². The minimum Gasteiger partial charge on any atom is -0.378 e. The summed E-state index contributed by atoms with van der Waals surface area (Å²) in [6.07, 6.45) is 1.17. The summed E-state index contributed by atoms with van der Waals surface area (Å²) >= 11 is 0. The van der Waals surface area contributed by atoms with Crippen molar-refractivity contribution in [1.29, 1.82) is 0 Å². The lowest BCUT2D eigenvalue weighted by molar-refractivity contribution is 0.122. The molecular formula is C17H17FN6O. The summed E-state index contributed by atoms with van der Waals surface area (Å²) in [6.45, 7) is 6.46. The molecule has 4 rings (SSSR count). The Morgan fingerprint density at radius 1 is 1.00 bits per heavy atom. The first-order chi connectivity index (χ1) is 12.1. The van der Waals surface area contributed by atoms with Crippen LogP contribution in [-0.4, -0.2) is 51.2 Å². The van der Waals surface area contributed by atoms with E-state index in [2.05, 4.69) is 24.9 Å². The van der Waals surface area contributed by atoms with Crippen LogP contribution in [0.15, 0.2) is 18.3 Å². The first-order valence-electron chi connectivity index (χ1n) is 8.09. The Balaban J connectivity index is 1.93. The van der Waals surface area contributed by atoms with Gasteiger partial charge in [-0.3, -0.25) is 4.98 Å². The number of rotatable bonds is 2. The molecule has 0 aromatic carbocycles. The first kappa shape index (κ1) is 15.8. The fourth-order valence-corrected chi connectivity index (χ4v) is 2.70. The fourth-order valence-electron chi connectivity index (χ4n) is 2.70. The van der Waals surface area contributed by atoms with Gasteiger partial charge < -0.3 is 9.64 Å². The topological polar surface area (TPSA) is 76.9 Å². The van der Waals surface area contributed by atoms with Crippen molar-refractivity contribution >= 4 is 17.1 Å². The summed E-state index contributed by atoms with van der Waals surface area (Å²) < 4.78 is 18.7. The summed E-state index contributed by atoms with van der Waals surface area (Å²) in [7, 11) is 0. The van der Waals surface area contributed by atoms with E-state index in [1.807, 2.05) is 18.7 Å². The van der Waals surface area contributed by atoms with E-state index in [4.69, 9.17) is 4.74 Å². The average molecular weight is 340 g/mol. The molecule has 0 spiro atoms. The molecule has 0 amide bonds. The van der Waals surface area contributed by atoms with E-state index in [0.717, 1.165) is 11.4 Å². The third kappa shape index (κ3) is 3.00. The Hall–Kier alpha value is -2.74. The second-order valence-corrected chi connectivity index (χ2v) is 5.90. The standard InChI is InChI=1S/C17H17FN6O/c1-10-11(2)21-16-15(20-10)14(13-4-3-12(18)9-19-13)22-17(23-16)24-5-7-25-8-6-24/h3-4,9H,5-8H2,1-2H3. The zero-order chi connectivity index (χ0) is 17.4. The first-order valence-corrected chi connectivity index (χ1v) is 8.09. The van der Waals surface area contributed by atoms with Crippen LogP contribution in [0, 0.1) is 19.7 Å². The van der Waals surface area contributed by atoms with Crippen molar-refractivity contribution in [2.75, 3.05) is 31.2 Å². The van der Waals surface area contributed by atoms with Gasteiger partial charge in [0, 0.05) is 13.1 Å². The third-order valence-electron chi connectivity index (χ3n) is 4.19. The van der Waals surface area contributed by atoms with E-state index in [0.29, 0.717) is 54.8 Å². The number of pyridine rings is 1. The SMILES string of the molecule is Cc1nc2nc(N3CCOCC3)nc(-c3ccc(F)cn3)c2nc1C. The van der Waals surface area contributed by atoms with E-state index >= 15 is 0 Å². The van der Waals surface area contributed by atoms with Gasteiger partial charge in [0.1, 0.15) is 17.0 Å². The van der Waals surface area contributed by atoms with Crippen molar-refractivity contribution in [2.24, 2.45) is 0 Å². The zero-order valence-electron chi connectivity index (χ0n) is 14.0. The van der Waals surface area contributed by atoms with Crippen LogP contribution >= 0.6 is 0 Å². The highest BCUT2D eigenvalue weighted by Crippen LogP contribution is 2.26. The van der Waals surface area contributed by atoms with Crippen molar-refractivity contribution in [1.82, 2.24) is 24.9 Å².